The molecule has 0 bridgehead atoms. The Kier molecular flexibility index (Phi) is 4.06. The van der Waals surface area contributed by atoms with Crippen molar-refractivity contribution in [2.45, 2.75) is 44.6 Å². The second-order valence-corrected chi connectivity index (χ2v) is 6.35. The van der Waals surface area contributed by atoms with E-state index in [2.05, 4.69) is 41.8 Å². The lowest BCUT2D eigenvalue weighted by atomic mass is 9.82. The second-order valence-electron chi connectivity index (χ2n) is 6.35. The van der Waals surface area contributed by atoms with Crippen LogP contribution in [0.3, 0.4) is 0 Å². The van der Waals surface area contributed by atoms with Gasteiger partial charge in [-0.05, 0) is 49.3 Å². The van der Waals surface area contributed by atoms with Crippen LogP contribution < -0.4 is 10.6 Å². The molecule has 0 radical (unpaired) electrons. The Morgan fingerprint density at radius 2 is 2.15 bits per heavy atom. The lowest BCUT2D eigenvalue weighted by molar-refractivity contribution is -0.123. The molecule has 3 heteroatoms. The molecule has 1 aliphatic heterocycles. The molecule has 1 aliphatic carbocycles. The molecule has 108 valence electrons. The standard InChI is InChI=1S/C17H24N2O/c1-12-9-14(11-18-10-12)19-17(20)16-8-4-6-13-5-2-3-7-15(13)16/h2-3,5,7,12,14,16,18H,4,6,8-11H2,1H3,(H,19,20). The number of nitrogens with one attached hydrogen (secondary N) is 2. The van der Waals surface area contributed by atoms with Crippen molar-refractivity contribution in [3.63, 3.8) is 0 Å². The monoisotopic (exact) mass is 272 g/mol. The van der Waals surface area contributed by atoms with E-state index in [0.717, 1.165) is 38.8 Å². The maximum absolute atomic E-state index is 12.6. The van der Waals surface area contributed by atoms with Gasteiger partial charge in [-0.2, -0.15) is 0 Å². The zero-order valence-electron chi connectivity index (χ0n) is 12.2. The fourth-order valence-electron chi connectivity index (χ4n) is 3.59. The molecule has 2 aliphatic rings. The number of benzene rings is 1. The molecule has 2 N–H and O–H groups in total. The third-order valence-electron chi connectivity index (χ3n) is 4.60. The smallest absolute Gasteiger partial charge is 0.227 e. The summed E-state index contributed by atoms with van der Waals surface area (Å²) >= 11 is 0. The van der Waals surface area contributed by atoms with Crippen molar-refractivity contribution >= 4 is 5.91 Å². The minimum absolute atomic E-state index is 0.0529. The van der Waals surface area contributed by atoms with E-state index < -0.39 is 0 Å². The summed E-state index contributed by atoms with van der Waals surface area (Å²) < 4.78 is 0. The Labute approximate surface area is 121 Å². The van der Waals surface area contributed by atoms with Gasteiger partial charge < -0.3 is 10.6 Å². The minimum Gasteiger partial charge on any atom is -0.352 e. The molecule has 0 saturated carbocycles. The third-order valence-corrected chi connectivity index (χ3v) is 4.60. The molecular weight excluding hydrogens is 248 g/mol. The topological polar surface area (TPSA) is 41.1 Å². The Hall–Kier alpha value is -1.35. The number of hydrogen-bond donors (Lipinski definition) is 2. The molecule has 1 aromatic rings. The van der Waals surface area contributed by atoms with Gasteiger partial charge in [0.25, 0.3) is 0 Å². The molecule has 20 heavy (non-hydrogen) atoms. The van der Waals surface area contributed by atoms with Crippen molar-refractivity contribution in [1.29, 1.82) is 0 Å². The second kappa shape index (κ2) is 5.96. The molecule has 1 aromatic carbocycles. The van der Waals surface area contributed by atoms with E-state index in [1.165, 1.54) is 11.1 Å². The highest BCUT2D eigenvalue weighted by atomic mass is 16.1. The van der Waals surface area contributed by atoms with Crippen molar-refractivity contribution in [3.8, 4) is 0 Å². The number of hydrogen-bond acceptors (Lipinski definition) is 2. The predicted molar refractivity (Wildman–Crippen MR) is 80.7 cm³/mol. The molecule has 1 saturated heterocycles. The van der Waals surface area contributed by atoms with Gasteiger partial charge in [-0.25, -0.2) is 0 Å². The fraction of sp³-hybridized carbons (Fsp3) is 0.588. The van der Waals surface area contributed by atoms with E-state index in [9.17, 15) is 4.79 Å². The van der Waals surface area contributed by atoms with Crippen LogP contribution in [0.2, 0.25) is 0 Å². The van der Waals surface area contributed by atoms with E-state index in [-0.39, 0.29) is 11.8 Å². The number of rotatable bonds is 2. The zero-order valence-corrected chi connectivity index (χ0v) is 12.2. The number of carbonyl (C=O) groups excluding carboxylic acids is 1. The first-order valence-corrected chi connectivity index (χ1v) is 7.83. The number of fused-ring (bicyclic) bond motifs is 1. The number of amides is 1. The van der Waals surface area contributed by atoms with Crippen LogP contribution in [0.1, 0.15) is 43.2 Å². The average molecular weight is 272 g/mol. The van der Waals surface area contributed by atoms with Gasteiger partial charge in [0, 0.05) is 12.6 Å². The summed E-state index contributed by atoms with van der Waals surface area (Å²) in [5.74, 6) is 0.919. The summed E-state index contributed by atoms with van der Waals surface area (Å²) in [6, 6.07) is 8.71. The van der Waals surface area contributed by atoms with Gasteiger partial charge in [0.1, 0.15) is 0 Å². The van der Waals surface area contributed by atoms with E-state index in [4.69, 9.17) is 0 Å². The summed E-state index contributed by atoms with van der Waals surface area (Å²) in [7, 11) is 0. The number of piperidine rings is 1. The molecule has 1 fully saturated rings. The van der Waals surface area contributed by atoms with Gasteiger partial charge in [-0.15, -0.1) is 0 Å². The van der Waals surface area contributed by atoms with Gasteiger partial charge in [0.05, 0.1) is 5.92 Å². The summed E-state index contributed by atoms with van der Waals surface area (Å²) in [6.45, 7) is 4.21. The summed E-state index contributed by atoms with van der Waals surface area (Å²) in [6.07, 6.45) is 4.31. The molecule has 3 nitrogen and oxygen atoms in total. The Morgan fingerprint density at radius 3 is 3.00 bits per heavy atom. The van der Waals surface area contributed by atoms with Crippen LogP contribution in [0.4, 0.5) is 0 Å². The minimum atomic E-state index is 0.0529. The molecule has 3 unspecified atom stereocenters. The highest BCUT2D eigenvalue weighted by Gasteiger charge is 2.28. The molecule has 1 amide bonds. The van der Waals surface area contributed by atoms with Crippen LogP contribution in [-0.4, -0.2) is 25.0 Å². The molecule has 3 atom stereocenters. The zero-order chi connectivity index (χ0) is 13.9. The summed E-state index contributed by atoms with van der Waals surface area (Å²) in [5.41, 5.74) is 2.60. The number of aryl methyl sites for hydroxylation is 1. The first kappa shape index (κ1) is 13.6. The molecular formula is C17H24N2O. The van der Waals surface area contributed by atoms with Crippen molar-refractivity contribution in [2.75, 3.05) is 13.1 Å². The van der Waals surface area contributed by atoms with Crippen LogP contribution in [0.15, 0.2) is 24.3 Å². The lowest BCUT2D eigenvalue weighted by Gasteiger charge is -2.31. The van der Waals surface area contributed by atoms with Gasteiger partial charge >= 0.3 is 0 Å². The Balaban J connectivity index is 1.69. The van der Waals surface area contributed by atoms with Gasteiger partial charge in [0.2, 0.25) is 5.91 Å². The maximum Gasteiger partial charge on any atom is 0.227 e. The average Bonchev–Trinajstić information content (AvgIpc) is 2.46. The Morgan fingerprint density at radius 1 is 1.30 bits per heavy atom. The molecule has 0 aromatic heterocycles. The first-order valence-electron chi connectivity index (χ1n) is 7.83. The quantitative estimate of drug-likeness (QED) is 0.867. The number of carbonyl (C=O) groups is 1. The Bertz CT molecular complexity index is 486. The fourth-order valence-corrected chi connectivity index (χ4v) is 3.59. The van der Waals surface area contributed by atoms with Crippen LogP contribution >= 0.6 is 0 Å². The molecule has 0 spiro atoms. The predicted octanol–water partition coefficient (Wildman–Crippen LogP) is 2.22. The molecule has 3 rings (SSSR count). The van der Waals surface area contributed by atoms with Crippen LogP contribution in [0.25, 0.3) is 0 Å². The van der Waals surface area contributed by atoms with Gasteiger partial charge in [0.15, 0.2) is 0 Å². The van der Waals surface area contributed by atoms with E-state index in [1.54, 1.807) is 0 Å². The summed E-state index contributed by atoms with van der Waals surface area (Å²) in [4.78, 5) is 12.6. The van der Waals surface area contributed by atoms with Crippen LogP contribution in [0.5, 0.6) is 0 Å². The van der Waals surface area contributed by atoms with Crippen molar-refractivity contribution < 1.29 is 4.79 Å². The van der Waals surface area contributed by atoms with E-state index in [0.29, 0.717) is 12.0 Å². The lowest BCUT2D eigenvalue weighted by Crippen LogP contribution is -2.49. The highest BCUT2D eigenvalue weighted by molar-refractivity contribution is 5.84. The molecule has 1 heterocycles. The van der Waals surface area contributed by atoms with Crippen LogP contribution in [-0.2, 0) is 11.2 Å². The first-order chi connectivity index (χ1) is 9.74. The maximum atomic E-state index is 12.6. The third kappa shape index (κ3) is 2.88. The largest absolute Gasteiger partial charge is 0.352 e. The van der Waals surface area contributed by atoms with Gasteiger partial charge in [-0.1, -0.05) is 31.2 Å². The summed E-state index contributed by atoms with van der Waals surface area (Å²) in [5, 5.41) is 6.66. The van der Waals surface area contributed by atoms with Crippen molar-refractivity contribution in [1.82, 2.24) is 10.6 Å². The van der Waals surface area contributed by atoms with Crippen LogP contribution in [0, 0.1) is 5.92 Å². The normalized spacial score (nSPS) is 29.6. The SMILES string of the molecule is CC1CNCC(NC(=O)C2CCCc3ccccc32)C1. The van der Waals surface area contributed by atoms with Gasteiger partial charge in [-0.3, -0.25) is 4.79 Å². The van der Waals surface area contributed by atoms with E-state index >= 15 is 0 Å². The van der Waals surface area contributed by atoms with Crippen molar-refractivity contribution in [3.05, 3.63) is 35.4 Å². The van der Waals surface area contributed by atoms with Crippen molar-refractivity contribution in [2.24, 2.45) is 5.92 Å². The highest BCUT2D eigenvalue weighted by Crippen LogP contribution is 2.31. The van der Waals surface area contributed by atoms with E-state index in [1.807, 2.05) is 0 Å².